The van der Waals surface area contributed by atoms with Crippen molar-refractivity contribution in [3.8, 4) is 11.3 Å². The van der Waals surface area contributed by atoms with E-state index in [-0.39, 0.29) is 4.68 Å². The Labute approximate surface area is 171 Å². The molecule has 166 valence electrons. The fourth-order valence-electron chi connectivity index (χ4n) is 2.90. The van der Waals surface area contributed by atoms with Gasteiger partial charge in [-0.2, -0.15) is 28.1 Å². The number of fused-ring (bicyclic) bond motifs is 1. The molecule has 0 radical (unpaired) electrons. The summed E-state index contributed by atoms with van der Waals surface area (Å²) in [4.78, 5) is 13.7. The zero-order valence-corrected chi connectivity index (χ0v) is 15.8. The van der Waals surface area contributed by atoms with Gasteiger partial charge in [0.15, 0.2) is 0 Å². The molecular formula is C18H16F6N6O. The number of alkyl halides is 6. The number of primary amides is 1. The lowest BCUT2D eigenvalue weighted by molar-refractivity contribution is -0.212. The minimum absolute atomic E-state index is 0.285. The number of aryl methyl sites for hydroxylation is 2. The molecule has 4 heterocycles. The number of halogens is 6. The first-order valence-electron chi connectivity index (χ1n) is 8.98. The zero-order valence-electron chi connectivity index (χ0n) is 15.8. The first-order valence-corrected chi connectivity index (χ1v) is 8.98. The van der Waals surface area contributed by atoms with Gasteiger partial charge in [-0.15, -0.1) is 13.2 Å². The fourth-order valence-corrected chi connectivity index (χ4v) is 2.90. The van der Waals surface area contributed by atoms with Crippen LogP contribution in [0.2, 0.25) is 0 Å². The molecule has 2 N–H and O–H groups in total. The second-order valence-corrected chi connectivity index (χ2v) is 6.61. The molecule has 0 fully saturated rings. The molecular weight excluding hydrogens is 430 g/mol. The van der Waals surface area contributed by atoms with Crippen LogP contribution < -0.4 is 5.73 Å². The van der Waals surface area contributed by atoms with Crippen LogP contribution in [0.4, 0.5) is 26.3 Å². The number of nitrogens with zero attached hydrogens (tertiary/aromatic N) is 5. The van der Waals surface area contributed by atoms with Gasteiger partial charge in [0.2, 0.25) is 0 Å². The van der Waals surface area contributed by atoms with Crippen LogP contribution >= 0.6 is 0 Å². The number of nitrogens with two attached hydrogens (primary N) is 1. The Morgan fingerprint density at radius 1 is 1.03 bits per heavy atom. The number of carbonyl (C=O) groups excluding carboxylic acids is 1. The van der Waals surface area contributed by atoms with Gasteiger partial charge in [-0.1, -0.05) is 0 Å². The number of aromatic nitrogens is 5. The Morgan fingerprint density at radius 2 is 1.77 bits per heavy atom. The summed E-state index contributed by atoms with van der Waals surface area (Å²) in [6.45, 7) is 0.840. The van der Waals surface area contributed by atoms with Crippen LogP contribution in [0.1, 0.15) is 34.7 Å². The third-order valence-electron chi connectivity index (χ3n) is 4.36. The van der Waals surface area contributed by atoms with E-state index in [0.29, 0.717) is 17.5 Å². The van der Waals surface area contributed by atoms with E-state index in [1.807, 2.05) is 10.7 Å². The Bertz CT molecular complexity index is 1040. The normalized spacial score (nSPS) is 13.9. The summed E-state index contributed by atoms with van der Waals surface area (Å²) in [6, 6.07) is 5.38. The molecule has 0 saturated carbocycles. The molecule has 1 aliphatic heterocycles. The highest BCUT2D eigenvalue weighted by molar-refractivity contribution is 5.90. The molecule has 3 aromatic heterocycles. The van der Waals surface area contributed by atoms with Gasteiger partial charge in [-0.05, 0) is 43.5 Å². The third-order valence-corrected chi connectivity index (χ3v) is 4.36. The van der Waals surface area contributed by atoms with Gasteiger partial charge in [-0.3, -0.25) is 14.5 Å². The second-order valence-electron chi connectivity index (χ2n) is 6.61. The fraction of sp³-hybridized carbons (Fsp3) is 0.333. The van der Waals surface area contributed by atoms with Crippen LogP contribution in [-0.2, 0) is 25.4 Å². The van der Waals surface area contributed by atoms with Crippen molar-refractivity contribution in [3.63, 3.8) is 0 Å². The lowest BCUT2D eigenvalue weighted by Crippen LogP contribution is -2.19. The molecule has 31 heavy (non-hydrogen) atoms. The third kappa shape index (κ3) is 5.41. The van der Waals surface area contributed by atoms with Crippen LogP contribution in [0, 0.1) is 0 Å². The maximum absolute atomic E-state index is 12.6. The van der Waals surface area contributed by atoms with Crippen LogP contribution in [0.15, 0.2) is 36.7 Å². The molecule has 0 aliphatic carbocycles. The molecule has 4 rings (SSSR count). The summed E-state index contributed by atoms with van der Waals surface area (Å²) in [5.41, 5.74) is 5.54. The lowest BCUT2D eigenvalue weighted by atomic mass is 10.1. The highest BCUT2D eigenvalue weighted by atomic mass is 19.4. The van der Waals surface area contributed by atoms with Gasteiger partial charge in [-0.25, -0.2) is 0 Å². The van der Waals surface area contributed by atoms with Gasteiger partial charge in [0, 0.05) is 30.2 Å². The van der Waals surface area contributed by atoms with Crippen molar-refractivity contribution in [2.75, 3.05) is 0 Å². The molecule has 3 aromatic rings. The van der Waals surface area contributed by atoms with Gasteiger partial charge in [0.25, 0.3) is 5.91 Å². The molecule has 0 aromatic carbocycles. The van der Waals surface area contributed by atoms with Crippen molar-refractivity contribution in [1.29, 1.82) is 0 Å². The van der Waals surface area contributed by atoms with Gasteiger partial charge in [0.05, 0.1) is 5.69 Å². The van der Waals surface area contributed by atoms with E-state index in [0.717, 1.165) is 43.6 Å². The first kappa shape index (κ1) is 22.3. The summed E-state index contributed by atoms with van der Waals surface area (Å²) in [5, 5.41) is 7.26. The summed E-state index contributed by atoms with van der Waals surface area (Å²) in [5.74, 6) is -0.988. The molecule has 7 nitrogen and oxygen atoms in total. The Balaban J connectivity index is 0.000000196. The summed E-state index contributed by atoms with van der Waals surface area (Å²) in [7, 11) is 0. The average Bonchev–Trinajstić information content (AvgIpc) is 3.35. The minimum atomic E-state index is -4.60. The van der Waals surface area contributed by atoms with Gasteiger partial charge in [0.1, 0.15) is 11.4 Å². The van der Waals surface area contributed by atoms with Crippen molar-refractivity contribution in [2.45, 2.75) is 38.3 Å². The predicted octanol–water partition coefficient (Wildman–Crippen LogP) is 3.76. The largest absolute Gasteiger partial charge is 0.504 e. The van der Waals surface area contributed by atoms with E-state index in [1.54, 1.807) is 6.07 Å². The standard InChI is InChI=1S/C13H12F3N3.C5H4F3N3O/c14-13(15,16)12-7-9(4-5-17-12)11-8-10-3-1-2-6-19(10)18-11;6-5(7,8)11-2-1-3(10-11)4(9)12/h4-5,7-8H,1-3,6H2;1-2H,(H2,9,12). The van der Waals surface area contributed by atoms with E-state index in [9.17, 15) is 31.1 Å². The molecule has 1 amide bonds. The van der Waals surface area contributed by atoms with Crippen LogP contribution in [0.25, 0.3) is 11.3 Å². The minimum Gasteiger partial charge on any atom is -0.364 e. The van der Waals surface area contributed by atoms with Crippen LogP contribution in [0.3, 0.4) is 0 Å². The smallest absolute Gasteiger partial charge is 0.364 e. The molecule has 13 heteroatoms. The monoisotopic (exact) mass is 446 g/mol. The molecule has 0 saturated heterocycles. The molecule has 0 unspecified atom stereocenters. The van der Waals surface area contributed by atoms with E-state index >= 15 is 0 Å². The topological polar surface area (TPSA) is 91.6 Å². The highest BCUT2D eigenvalue weighted by Gasteiger charge is 2.33. The van der Waals surface area contributed by atoms with Gasteiger partial charge >= 0.3 is 12.5 Å². The maximum Gasteiger partial charge on any atom is 0.504 e. The molecule has 1 aliphatic rings. The number of pyridine rings is 1. The molecule has 0 atom stereocenters. The van der Waals surface area contributed by atoms with E-state index in [1.165, 1.54) is 6.20 Å². The van der Waals surface area contributed by atoms with Crippen molar-refractivity contribution in [3.05, 3.63) is 53.7 Å². The second kappa shape index (κ2) is 8.40. The van der Waals surface area contributed by atoms with Crippen LogP contribution in [-0.4, -0.2) is 30.5 Å². The van der Waals surface area contributed by atoms with Crippen molar-refractivity contribution in [2.24, 2.45) is 5.73 Å². The summed E-state index contributed by atoms with van der Waals surface area (Å²) >= 11 is 0. The van der Waals surface area contributed by atoms with Crippen LogP contribution in [0.5, 0.6) is 0 Å². The van der Waals surface area contributed by atoms with E-state index in [4.69, 9.17) is 0 Å². The first-order chi connectivity index (χ1) is 14.4. The Hall–Kier alpha value is -3.38. The van der Waals surface area contributed by atoms with Crippen molar-refractivity contribution >= 4 is 5.91 Å². The SMILES string of the molecule is FC(F)(F)c1cc(-c2cc3n(n2)CCCC3)ccn1.NC(=O)c1ccn(C(F)(F)F)n1. The predicted molar refractivity (Wildman–Crippen MR) is 95.4 cm³/mol. The van der Waals surface area contributed by atoms with E-state index < -0.39 is 29.8 Å². The summed E-state index contributed by atoms with van der Waals surface area (Å²) < 4.78 is 74.9. The lowest BCUT2D eigenvalue weighted by Gasteiger charge is -2.11. The van der Waals surface area contributed by atoms with Crippen molar-refractivity contribution < 1.29 is 31.1 Å². The number of hydrogen-bond acceptors (Lipinski definition) is 4. The molecule has 0 bridgehead atoms. The number of rotatable bonds is 2. The Morgan fingerprint density at radius 3 is 2.32 bits per heavy atom. The quantitative estimate of drug-likeness (QED) is 0.607. The maximum atomic E-state index is 12.6. The highest BCUT2D eigenvalue weighted by Crippen LogP contribution is 2.30. The molecule has 0 spiro atoms. The number of carbonyl (C=O) groups is 1. The van der Waals surface area contributed by atoms with Crippen molar-refractivity contribution in [1.82, 2.24) is 24.5 Å². The summed E-state index contributed by atoms with van der Waals surface area (Å²) in [6.07, 6.45) is -4.11. The average molecular weight is 446 g/mol. The zero-order chi connectivity index (χ0) is 22.8. The number of hydrogen-bond donors (Lipinski definition) is 1. The Kier molecular flexibility index (Phi) is 6.04. The number of amides is 1. The van der Waals surface area contributed by atoms with E-state index in [2.05, 4.69) is 20.9 Å². The van der Waals surface area contributed by atoms with Gasteiger partial charge < -0.3 is 5.73 Å².